The van der Waals surface area contributed by atoms with Crippen LogP contribution in [0.2, 0.25) is 0 Å². The van der Waals surface area contributed by atoms with E-state index in [2.05, 4.69) is 4.74 Å². The van der Waals surface area contributed by atoms with Crippen molar-refractivity contribution >= 4 is 0 Å². The Bertz CT molecular complexity index is 938. The van der Waals surface area contributed by atoms with E-state index in [1.54, 1.807) is 0 Å². The first-order valence-electron chi connectivity index (χ1n) is 12.0. The third-order valence-corrected chi connectivity index (χ3v) is 7.22. The summed E-state index contributed by atoms with van der Waals surface area (Å²) < 4.78 is 130. The molecular formula is C25H28F8O3. The number of ether oxygens (including phenoxy) is 3. The third-order valence-electron chi connectivity index (χ3n) is 7.22. The number of hydrogen-bond donors (Lipinski definition) is 0. The van der Waals surface area contributed by atoms with E-state index in [1.807, 2.05) is 6.92 Å². The Morgan fingerprint density at radius 2 is 1.72 bits per heavy atom. The van der Waals surface area contributed by atoms with Crippen LogP contribution < -0.4 is 0 Å². The normalized spacial score (nSPS) is 38.3. The molecule has 11 heteroatoms. The topological polar surface area (TPSA) is 27.7 Å². The molecule has 4 rings (SSSR count). The predicted octanol–water partition coefficient (Wildman–Crippen LogP) is 7.27. The minimum absolute atomic E-state index is 0.0236. The van der Waals surface area contributed by atoms with Crippen molar-refractivity contribution in [3.05, 3.63) is 47.0 Å². The molecule has 0 N–H and O–H groups in total. The zero-order valence-electron chi connectivity index (χ0n) is 19.5. The van der Waals surface area contributed by atoms with Crippen LogP contribution in [0.4, 0.5) is 35.1 Å². The van der Waals surface area contributed by atoms with Gasteiger partial charge in [0.15, 0.2) is 24.1 Å². The molecule has 0 amide bonds. The molecule has 0 bridgehead atoms. The second-order valence-corrected chi connectivity index (χ2v) is 9.74. The molecule has 4 aliphatic rings. The van der Waals surface area contributed by atoms with Crippen LogP contribution in [-0.4, -0.2) is 44.1 Å². The molecule has 3 nitrogen and oxygen atoms in total. The average molecular weight is 528 g/mol. The maximum Gasteiger partial charge on any atom is 0.409 e. The zero-order chi connectivity index (χ0) is 26.2. The lowest BCUT2D eigenvalue weighted by molar-refractivity contribution is -0.265. The monoisotopic (exact) mass is 528 g/mol. The molecule has 1 saturated heterocycles. The van der Waals surface area contributed by atoms with Crippen molar-refractivity contribution in [3.8, 4) is 0 Å². The second kappa shape index (κ2) is 10.8. The van der Waals surface area contributed by atoms with E-state index >= 15 is 0 Å². The van der Waals surface area contributed by atoms with Crippen molar-refractivity contribution in [3.63, 3.8) is 0 Å². The van der Waals surface area contributed by atoms with Gasteiger partial charge < -0.3 is 14.2 Å². The van der Waals surface area contributed by atoms with E-state index in [9.17, 15) is 35.1 Å². The lowest BCUT2D eigenvalue weighted by Gasteiger charge is -2.38. The lowest BCUT2D eigenvalue weighted by atomic mass is 9.81. The van der Waals surface area contributed by atoms with Gasteiger partial charge in [-0.05, 0) is 37.5 Å². The van der Waals surface area contributed by atoms with Crippen LogP contribution in [0, 0.1) is 23.7 Å². The second-order valence-electron chi connectivity index (χ2n) is 9.74. The van der Waals surface area contributed by atoms with Crippen LogP contribution in [0.5, 0.6) is 0 Å². The minimum Gasteiger partial charge on any atom is -0.437 e. The summed E-state index contributed by atoms with van der Waals surface area (Å²) in [5.74, 6) is -9.28. The van der Waals surface area contributed by atoms with Crippen LogP contribution in [0.1, 0.15) is 39.0 Å². The summed E-state index contributed by atoms with van der Waals surface area (Å²) >= 11 is 0. The fourth-order valence-corrected chi connectivity index (χ4v) is 5.07. The van der Waals surface area contributed by atoms with E-state index < -0.39 is 91.2 Å². The Morgan fingerprint density at radius 3 is 2.31 bits per heavy atom. The Labute approximate surface area is 203 Å². The predicted molar refractivity (Wildman–Crippen MR) is 114 cm³/mol. The Morgan fingerprint density at radius 1 is 1.03 bits per heavy atom. The molecule has 6 atom stereocenters. The smallest absolute Gasteiger partial charge is 0.409 e. The minimum atomic E-state index is -4.32. The van der Waals surface area contributed by atoms with Gasteiger partial charge in [0.25, 0.3) is 0 Å². The summed E-state index contributed by atoms with van der Waals surface area (Å²) in [4.78, 5) is 0. The summed E-state index contributed by atoms with van der Waals surface area (Å²) in [5, 5.41) is 0. The van der Waals surface area contributed by atoms with Gasteiger partial charge in [-0.25, -0.2) is 26.3 Å². The highest BCUT2D eigenvalue weighted by molar-refractivity contribution is 5.32. The molecule has 202 valence electrons. The van der Waals surface area contributed by atoms with Gasteiger partial charge in [-0.15, -0.1) is 0 Å². The molecule has 0 radical (unpaired) electrons. The largest absolute Gasteiger partial charge is 0.437 e. The third kappa shape index (κ3) is 5.66. The highest BCUT2D eigenvalue weighted by Crippen LogP contribution is 2.46. The molecule has 36 heavy (non-hydrogen) atoms. The first-order valence-corrected chi connectivity index (χ1v) is 12.0. The quantitative estimate of drug-likeness (QED) is 0.340. The molecule has 3 aliphatic carbocycles. The average Bonchev–Trinajstić information content (AvgIpc) is 2.81. The lowest BCUT2D eigenvalue weighted by Crippen LogP contribution is -2.45. The molecule has 0 aromatic heterocycles. The van der Waals surface area contributed by atoms with Crippen molar-refractivity contribution in [1.29, 1.82) is 0 Å². The van der Waals surface area contributed by atoms with Gasteiger partial charge in [0.05, 0.1) is 13.2 Å². The molecular weight excluding hydrogens is 500 g/mol. The number of rotatable bonds is 6. The van der Waals surface area contributed by atoms with Crippen molar-refractivity contribution in [2.24, 2.45) is 23.7 Å². The first-order chi connectivity index (χ1) is 17.0. The summed E-state index contributed by atoms with van der Waals surface area (Å²) in [5.41, 5.74) is -0.0236. The van der Waals surface area contributed by atoms with Gasteiger partial charge in [-0.3, -0.25) is 0 Å². The highest BCUT2D eigenvalue weighted by atomic mass is 19.3. The first kappa shape index (κ1) is 27.2. The number of allylic oxidation sites excluding steroid dienone is 6. The van der Waals surface area contributed by atoms with E-state index in [4.69, 9.17) is 9.47 Å². The van der Waals surface area contributed by atoms with Crippen molar-refractivity contribution in [2.75, 3.05) is 13.2 Å². The molecule has 1 fully saturated rings. The maximum atomic E-state index is 14.9. The Balaban J connectivity index is 1.41. The van der Waals surface area contributed by atoms with E-state index in [1.165, 1.54) is 0 Å². The van der Waals surface area contributed by atoms with Crippen molar-refractivity contribution < 1.29 is 49.3 Å². The van der Waals surface area contributed by atoms with Gasteiger partial charge in [-0.2, -0.15) is 8.78 Å². The number of hydrogen-bond acceptors (Lipinski definition) is 3. The fourth-order valence-electron chi connectivity index (χ4n) is 5.07. The van der Waals surface area contributed by atoms with Gasteiger partial charge in [0.1, 0.15) is 29.8 Å². The standard InChI is InChI=1S/C25H28F8O3/c1-2-12-10-34-24(35-11-12)14-7-18(27)22(19(28)8-14)25(32,33)36-15-3-4-16(17(26)9-15)13-5-20(29)23(31)21(30)6-13/h3,5,7,12,14,16-17,19,21-22,24H,2,4,6,8-11H2,1H3. The maximum absolute atomic E-state index is 14.9. The van der Waals surface area contributed by atoms with Crippen LogP contribution in [0.25, 0.3) is 0 Å². The summed E-state index contributed by atoms with van der Waals surface area (Å²) in [6.45, 7) is 2.63. The summed E-state index contributed by atoms with van der Waals surface area (Å²) in [7, 11) is 0. The molecule has 1 heterocycles. The molecule has 0 saturated carbocycles. The van der Waals surface area contributed by atoms with E-state index in [0.717, 1.165) is 18.6 Å². The number of alkyl halides is 5. The molecule has 1 aliphatic heterocycles. The molecule has 6 unspecified atom stereocenters. The molecule has 0 spiro atoms. The number of halogens is 8. The summed E-state index contributed by atoms with van der Waals surface area (Å²) in [6, 6.07) is 0. The molecule has 0 aromatic rings. The van der Waals surface area contributed by atoms with Crippen LogP contribution in [0.3, 0.4) is 0 Å². The highest BCUT2D eigenvalue weighted by Gasteiger charge is 2.54. The van der Waals surface area contributed by atoms with Gasteiger partial charge in [0.2, 0.25) is 0 Å². The van der Waals surface area contributed by atoms with Crippen LogP contribution >= 0.6 is 0 Å². The summed E-state index contributed by atoms with van der Waals surface area (Å²) in [6.07, 6.45) is -10.2. The fraction of sp³-hybridized carbons (Fsp3) is 0.680. The van der Waals surface area contributed by atoms with Gasteiger partial charge in [0, 0.05) is 30.6 Å². The van der Waals surface area contributed by atoms with Gasteiger partial charge >= 0.3 is 6.11 Å². The van der Waals surface area contributed by atoms with Crippen molar-refractivity contribution in [2.45, 2.75) is 69.9 Å². The molecule has 0 aromatic carbocycles. The van der Waals surface area contributed by atoms with Crippen molar-refractivity contribution in [1.82, 2.24) is 0 Å². The van der Waals surface area contributed by atoms with Crippen LogP contribution in [0.15, 0.2) is 47.0 Å². The zero-order valence-corrected chi connectivity index (χ0v) is 19.5. The van der Waals surface area contributed by atoms with Gasteiger partial charge in [-0.1, -0.05) is 12.5 Å². The van der Waals surface area contributed by atoms with E-state index in [-0.39, 0.29) is 17.9 Å². The van der Waals surface area contributed by atoms with Crippen LogP contribution in [-0.2, 0) is 14.2 Å². The SMILES string of the molecule is CCC1COC(C2C=C(F)C(C(F)(F)OC3=CCC(C4=CC(F)=C(F)C(F)C4)C(F)C3)C(F)C2)OC1. The Kier molecular flexibility index (Phi) is 8.19. The Hall–Kier alpha value is -1.88. The van der Waals surface area contributed by atoms with E-state index in [0.29, 0.717) is 19.3 Å².